The minimum absolute atomic E-state index is 0.455. The highest BCUT2D eigenvalue weighted by molar-refractivity contribution is 7.13. The van der Waals surface area contributed by atoms with E-state index in [1.54, 1.807) is 11.3 Å². The molecule has 5 heteroatoms. The van der Waals surface area contributed by atoms with Crippen LogP contribution in [0.3, 0.4) is 0 Å². The van der Waals surface area contributed by atoms with Crippen LogP contribution in [0.15, 0.2) is 42.0 Å². The van der Waals surface area contributed by atoms with Gasteiger partial charge in [-0.1, -0.05) is 24.3 Å². The van der Waals surface area contributed by atoms with Gasteiger partial charge in [0.2, 0.25) is 0 Å². The van der Waals surface area contributed by atoms with E-state index in [0.29, 0.717) is 5.88 Å². The van der Waals surface area contributed by atoms with E-state index in [1.807, 2.05) is 41.5 Å². The molecular weight excluding hydrogens is 290 g/mol. The van der Waals surface area contributed by atoms with Gasteiger partial charge in [-0.2, -0.15) is 5.10 Å². The average Bonchev–Trinajstić information content (AvgIpc) is 3.08. The lowest BCUT2D eigenvalue weighted by molar-refractivity contribution is 0.687. The predicted octanol–water partition coefficient (Wildman–Crippen LogP) is 4.10. The van der Waals surface area contributed by atoms with Gasteiger partial charge in [0.15, 0.2) is 0 Å². The third kappa shape index (κ3) is 2.76. The molecule has 0 aliphatic rings. The topological polar surface area (TPSA) is 30.7 Å². The molecule has 0 atom stereocenters. The van der Waals surface area contributed by atoms with Crippen molar-refractivity contribution in [2.45, 2.75) is 19.3 Å². The number of benzene rings is 1. The molecule has 0 amide bonds. The van der Waals surface area contributed by atoms with Crippen LogP contribution in [0.1, 0.15) is 16.8 Å². The van der Waals surface area contributed by atoms with Crippen LogP contribution in [0, 0.1) is 6.92 Å². The van der Waals surface area contributed by atoms with E-state index in [-0.39, 0.29) is 0 Å². The molecule has 2 heterocycles. The Bertz CT molecular complexity index is 717. The van der Waals surface area contributed by atoms with Crippen molar-refractivity contribution in [2.75, 3.05) is 0 Å². The van der Waals surface area contributed by atoms with Gasteiger partial charge in [-0.3, -0.25) is 4.68 Å². The summed E-state index contributed by atoms with van der Waals surface area (Å²) in [6.45, 7) is 2.79. The smallest absolute Gasteiger partial charge is 0.124 e. The second-order valence-electron chi connectivity index (χ2n) is 4.65. The van der Waals surface area contributed by atoms with Gasteiger partial charge < -0.3 is 0 Å². The molecule has 0 radical (unpaired) electrons. The monoisotopic (exact) mass is 303 g/mol. The highest BCUT2D eigenvalue weighted by Gasteiger charge is 2.09. The number of rotatable bonds is 4. The lowest BCUT2D eigenvalue weighted by Crippen LogP contribution is -2.01. The van der Waals surface area contributed by atoms with E-state index in [2.05, 4.69) is 22.2 Å². The van der Waals surface area contributed by atoms with Gasteiger partial charge >= 0.3 is 0 Å². The van der Waals surface area contributed by atoms with Crippen LogP contribution >= 0.6 is 22.9 Å². The van der Waals surface area contributed by atoms with Crippen LogP contribution in [0.2, 0.25) is 0 Å². The van der Waals surface area contributed by atoms with Crippen LogP contribution in [0.4, 0.5) is 0 Å². The molecule has 1 aromatic carbocycles. The van der Waals surface area contributed by atoms with Crippen molar-refractivity contribution in [3.8, 4) is 10.6 Å². The van der Waals surface area contributed by atoms with Gasteiger partial charge in [-0.15, -0.1) is 22.9 Å². The zero-order chi connectivity index (χ0) is 13.9. The van der Waals surface area contributed by atoms with E-state index >= 15 is 0 Å². The summed E-state index contributed by atoms with van der Waals surface area (Å²) >= 11 is 7.46. The number of aromatic nitrogens is 3. The Hall–Kier alpha value is -1.65. The van der Waals surface area contributed by atoms with Crippen molar-refractivity contribution < 1.29 is 0 Å². The molecule has 0 N–H and O–H groups in total. The number of hydrogen-bond donors (Lipinski definition) is 0. The van der Waals surface area contributed by atoms with Crippen molar-refractivity contribution in [3.05, 3.63) is 58.9 Å². The molecule has 102 valence electrons. The molecular formula is C15H14ClN3S. The van der Waals surface area contributed by atoms with Crippen LogP contribution in [0.5, 0.6) is 0 Å². The summed E-state index contributed by atoms with van der Waals surface area (Å²) in [4.78, 5) is 4.56. The first-order chi connectivity index (χ1) is 9.76. The predicted molar refractivity (Wildman–Crippen MR) is 83.2 cm³/mol. The van der Waals surface area contributed by atoms with Gasteiger partial charge in [0, 0.05) is 17.1 Å². The van der Waals surface area contributed by atoms with Crippen molar-refractivity contribution in [1.82, 2.24) is 14.8 Å². The van der Waals surface area contributed by atoms with Crippen LogP contribution in [-0.2, 0) is 12.4 Å². The van der Waals surface area contributed by atoms with E-state index < -0.39 is 0 Å². The standard InChI is InChI=1S/C15H14ClN3S/c1-11-7-17-19(8-11)9-12-4-2-3-5-14(12)15-18-13(6-16)10-20-15/h2-5,7-8,10H,6,9H2,1H3. The molecule has 3 aromatic rings. The summed E-state index contributed by atoms with van der Waals surface area (Å²) in [6, 6.07) is 8.30. The average molecular weight is 304 g/mol. The Morgan fingerprint density at radius 1 is 1.30 bits per heavy atom. The van der Waals surface area contributed by atoms with E-state index in [0.717, 1.165) is 22.8 Å². The van der Waals surface area contributed by atoms with E-state index in [9.17, 15) is 0 Å². The fraction of sp³-hybridized carbons (Fsp3) is 0.200. The summed E-state index contributed by atoms with van der Waals surface area (Å²) in [6.07, 6.45) is 3.92. The molecule has 0 aliphatic heterocycles. The lowest BCUT2D eigenvalue weighted by Gasteiger charge is -2.07. The number of thiazole rings is 1. The quantitative estimate of drug-likeness (QED) is 0.679. The number of halogens is 1. The minimum atomic E-state index is 0.455. The van der Waals surface area contributed by atoms with Gasteiger partial charge in [-0.25, -0.2) is 4.98 Å². The molecule has 0 bridgehead atoms. The van der Waals surface area contributed by atoms with Gasteiger partial charge in [0.05, 0.1) is 24.3 Å². The first kappa shape index (κ1) is 13.3. The van der Waals surface area contributed by atoms with E-state index in [4.69, 9.17) is 11.6 Å². The van der Waals surface area contributed by atoms with Crippen LogP contribution in [0.25, 0.3) is 10.6 Å². The lowest BCUT2D eigenvalue weighted by atomic mass is 10.1. The van der Waals surface area contributed by atoms with Crippen molar-refractivity contribution in [2.24, 2.45) is 0 Å². The Kier molecular flexibility index (Phi) is 3.85. The van der Waals surface area contributed by atoms with Gasteiger partial charge in [0.1, 0.15) is 5.01 Å². The van der Waals surface area contributed by atoms with Crippen LogP contribution in [-0.4, -0.2) is 14.8 Å². The molecule has 0 saturated carbocycles. The summed E-state index contributed by atoms with van der Waals surface area (Å²) in [7, 11) is 0. The zero-order valence-corrected chi connectivity index (χ0v) is 12.7. The van der Waals surface area contributed by atoms with Crippen LogP contribution < -0.4 is 0 Å². The third-order valence-corrected chi connectivity index (χ3v) is 4.23. The maximum absolute atomic E-state index is 5.83. The summed E-state index contributed by atoms with van der Waals surface area (Å²) < 4.78 is 1.95. The number of nitrogens with zero attached hydrogens (tertiary/aromatic N) is 3. The summed E-state index contributed by atoms with van der Waals surface area (Å²) in [5.41, 5.74) is 4.46. The number of hydrogen-bond acceptors (Lipinski definition) is 3. The Morgan fingerprint density at radius 2 is 2.15 bits per heavy atom. The molecule has 20 heavy (non-hydrogen) atoms. The molecule has 3 nitrogen and oxygen atoms in total. The molecule has 0 aliphatic carbocycles. The van der Waals surface area contributed by atoms with E-state index in [1.165, 1.54) is 11.1 Å². The van der Waals surface area contributed by atoms with Gasteiger partial charge in [-0.05, 0) is 18.1 Å². The first-order valence-corrected chi connectivity index (χ1v) is 7.75. The Labute approximate surface area is 126 Å². The highest BCUT2D eigenvalue weighted by atomic mass is 35.5. The third-order valence-electron chi connectivity index (χ3n) is 3.03. The molecule has 0 saturated heterocycles. The molecule has 3 rings (SSSR count). The maximum atomic E-state index is 5.83. The fourth-order valence-corrected chi connectivity index (χ4v) is 3.20. The summed E-state index contributed by atoms with van der Waals surface area (Å²) in [5, 5.41) is 7.37. The Morgan fingerprint density at radius 3 is 2.85 bits per heavy atom. The van der Waals surface area contributed by atoms with Crippen molar-refractivity contribution in [1.29, 1.82) is 0 Å². The number of aryl methyl sites for hydroxylation is 1. The highest BCUT2D eigenvalue weighted by Crippen LogP contribution is 2.28. The normalized spacial score (nSPS) is 10.9. The number of alkyl halides is 1. The summed E-state index contributed by atoms with van der Waals surface area (Å²) in [5.74, 6) is 0.455. The molecule has 0 fully saturated rings. The molecule has 2 aromatic heterocycles. The first-order valence-electron chi connectivity index (χ1n) is 6.34. The van der Waals surface area contributed by atoms with Crippen molar-refractivity contribution >= 4 is 22.9 Å². The molecule has 0 unspecified atom stereocenters. The van der Waals surface area contributed by atoms with Gasteiger partial charge in [0.25, 0.3) is 0 Å². The Balaban J connectivity index is 1.95. The second kappa shape index (κ2) is 5.77. The zero-order valence-electron chi connectivity index (χ0n) is 11.1. The fourth-order valence-electron chi connectivity index (χ4n) is 2.09. The maximum Gasteiger partial charge on any atom is 0.124 e. The van der Waals surface area contributed by atoms with Crippen molar-refractivity contribution in [3.63, 3.8) is 0 Å². The SMILES string of the molecule is Cc1cnn(Cc2ccccc2-c2nc(CCl)cs2)c1. The molecule has 0 spiro atoms. The minimum Gasteiger partial charge on any atom is -0.268 e. The largest absolute Gasteiger partial charge is 0.268 e. The second-order valence-corrected chi connectivity index (χ2v) is 5.78.